The fourth-order valence-electron chi connectivity index (χ4n) is 1.35. The Balaban J connectivity index is 3.03. The van der Waals surface area contributed by atoms with Crippen LogP contribution >= 0.6 is 11.5 Å². The van der Waals surface area contributed by atoms with E-state index in [4.69, 9.17) is 4.74 Å². The second kappa shape index (κ2) is 5.83. The lowest BCUT2D eigenvalue weighted by Crippen LogP contribution is -2.19. The summed E-state index contributed by atoms with van der Waals surface area (Å²) in [4.78, 5) is 22.7. The highest BCUT2D eigenvalue weighted by atomic mass is 32.1. The smallest absolute Gasteiger partial charge is 0.412 e. The van der Waals surface area contributed by atoms with Crippen LogP contribution in [0.3, 0.4) is 0 Å². The second-order valence-corrected chi connectivity index (χ2v) is 5.58. The van der Waals surface area contributed by atoms with E-state index in [2.05, 4.69) is 16.3 Å². The molecule has 0 spiro atoms. The second-order valence-electron chi connectivity index (χ2n) is 4.80. The van der Waals surface area contributed by atoms with Gasteiger partial charge in [-0.3, -0.25) is 5.32 Å². The lowest BCUT2D eigenvalue weighted by molar-refractivity contribution is 0.0695. The number of carboxylic acids is 1. The third-order valence-corrected chi connectivity index (χ3v) is 2.93. The van der Waals surface area contributed by atoms with E-state index < -0.39 is 17.5 Å². The van der Waals surface area contributed by atoms with Gasteiger partial charge in [-0.1, -0.05) is 33.4 Å². The first kappa shape index (κ1) is 15.2. The van der Waals surface area contributed by atoms with Crippen LogP contribution in [0.15, 0.2) is 12.7 Å². The molecule has 1 aromatic heterocycles. The van der Waals surface area contributed by atoms with E-state index in [1.807, 2.05) is 20.8 Å². The Hall–Kier alpha value is -1.89. The highest BCUT2D eigenvalue weighted by Gasteiger charge is 2.29. The van der Waals surface area contributed by atoms with E-state index >= 15 is 0 Å². The Morgan fingerprint density at radius 1 is 1.53 bits per heavy atom. The first-order chi connectivity index (χ1) is 8.77. The van der Waals surface area contributed by atoms with Crippen molar-refractivity contribution in [3.8, 4) is 0 Å². The number of carboxylic acid groups (broad SMARTS) is 1. The zero-order valence-corrected chi connectivity index (χ0v) is 11.8. The average Bonchev–Trinajstić information content (AvgIpc) is 2.69. The van der Waals surface area contributed by atoms with Crippen molar-refractivity contribution >= 4 is 28.6 Å². The molecule has 0 saturated carbocycles. The van der Waals surface area contributed by atoms with Crippen LogP contribution < -0.4 is 5.32 Å². The molecule has 0 fully saturated rings. The largest absolute Gasteiger partial charge is 0.478 e. The fourth-order valence-corrected chi connectivity index (χ4v) is 2.30. The van der Waals surface area contributed by atoms with Crippen LogP contribution in [0.1, 0.15) is 36.8 Å². The third-order valence-electron chi connectivity index (χ3n) is 2.16. The Kier molecular flexibility index (Phi) is 4.66. The minimum atomic E-state index is -1.13. The number of hydrogen-bond donors (Lipinski definition) is 2. The molecule has 19 heavy (non-hydrogen) atoms. The number of nitrogens with zero attached hydrogens (tertiary/aromatic N) is 1. The average molecular weight is 284 g/mol. The molecule has 0 aliphatic carbocycles. The van der Waals surface area contributed by atoms with Crippen LogP contribution in [-0.2, 0) is 10.2 Å². The minimum absolute atomic E-state index is 0.00746. The van der Waals surface area contributed by atoms with Crippen molar-refractivity contribution < 1.29 is 19.4 Å². The molecule has 6 nitrogen and oxygen atoms in total. The van der Waals surface area contributed by atoms with Gasteiger partial charge in [0.1, 0.15) is 17.2 Å². The van der Waals surface area contributed by atoms with Gasteiger partial charge in [-0.2, -0.15) is 4.37 Å². The molecule has 0 atom stereocenters. The van der Waals surface area contributed by atoms with Crippen LogP contribution in [0.25, 0.3) is 0 Å². The molecule has 0 aliphatic rings. The monoisotopic (exact) mass is 284 g/mol. The summed E-state index contributed by atoms with van der Waals surface area (Å²) < 4.78 is 8.85. The summed E-state index contributed by atoms with van der Waals surface area (Å²) in [5, 5.41) is 11.8. The highest BCUT2D eigenvalue weighted by molar-refractivity contribution is 7.11. The first-order valence-corrected chi connectivity index (χ1v) is 6.32. The molecule has 0 bridgehead atoms. The standard InChI is InChI=1S/C12H16N2O4S/c1-5-6-18-11(17)13-9-7(10(15)16)8(14-19-9)12(2,3)4/h5H,1,6H2,2-4H3,(H,13,17)(H,15,16). The number of amides is 1. The van der Waals surface area contributed by atoms with Crippen molar-refractivity contribution in [1.82, 2.24) is 4.37 Å². The summed E-state index contributed by atoms with van der Waals surface area (Å²) in [6.45, 7) is 9.03. The minimum Gasteiger partial charge on any atom is -0.478 e. The molecule has 0 saturated heterocycles. The van der Waals surface area contributed by atoms with Crippen LogP contribution in [0.2, 0.25) is 0 Å². The third kappa shape index (κ3) is 3.78. The molecule has 0 radical (unpaired) electrons. The molecule has 1 aromatic rings. The maximum Gasteiger partial charge on any atom is 0.412 e. The van der Waals surface area contributed by atoms with E-state index in [-0.39, 0.29) is 17.2 Å². The number of nitrogens with one attached hydrogen (secondary N) is 1. The number of ether oxygens (including phenoxy) is 1. The van der Waals surface area contributed by atoms with Crippen molar-refractivity contribution in [1.29, 1.82) is 0 Å². The van der Waals surface area contributed by atoms with Crippen LogP contribution in [-0.4, -0.2) is 28.1 Å². The van der Waals surface area contributed by atoms with Gasteiger partial charge >= 0.3 is 12.1 Å². The Morgan fingerprint density at radius 3 is 2.63 bits per heavy atom. The van der Waals surface area contributed by atoms with E-state index in [9.17, 15) is 14.7 Å². The summed E-state index contributed by atoms with van der Waals surface area (Å²) in [5.41, 5.74) is 0.0203. The van der Waals surface area contributed by atoms with E-state index in [0.29, 0.717) is 5.69 Å². The van der Waals surface area contributed by atoms with Crippen molar-refractivity contribution in [3.63, 3.8) is 0 Å². The molecule has 1 heterocycles. The Labute approximate surface area is 115 Å². The van der Waals surface area contributed by atoms with Crippen molar-refractivity contribution in [2.75, 3.05) is 11.9 Å². The van der Waals surface area contributed by atoms with Crippen molar-refractivity contribution in [2.45, 2.75) is 26.2 Å². The number of anilines is 1. The molecule has 104 valence electrons. The topological polar surface area (TPSA) is 88.5 Å². The van der Waals surface area contributed by atoms with Gasteiger partial charge < -0.3 is 9.84 Å². The zero-order valence-electron chi connectivity index (χ0n) is 11.0. The van der Waals surface area contributed by atoms with Gasteiger partial charge in [-0.05, 0) is 11.5 Å². The van der Waals surface area contributed by atoms with E-state index in [0.717, 1.165) is 11.5 Å². The number of carbonyl (C=O) groups excluding carboxylic acids is 1. The van der Waals surface area contributed by atoms with Gasteiger partial charge in [0.25, 0.3) is 0 Å². The number of rotatable bonds is 4. The van der Waals surface area contributed by atoms with Gasteiger partial charge in [0.15, 0.2) is 0 Å². The lowest BCUT2D eigenvalue weighted by atomic mass is 9.89. The maximum absolute atomic E-state index is 11.4. The van der Waals surface area contributed by atoms with Gasteiger partial charge in [0.05, 0.1) is 5.69 Å². The molecular formula is C12H16N2O4S. The van der Waals surface area contributed by atoms with Gasteiger partial charge in [0, 0.05) is 5.41 Å². The fraction of sp³-hybridized carbons (Fsp3) is 0.417. The SMILES string of the molecule is C=CCOC(=O)Nc1snc(C(C)(C)C)c1C(=O)O. The number of hydrogen-bond acceptors (Lipinski definition) is 5. The van der Waals surface area contributed by atoms with Crippen LogP contribution in [0.5, 0.6) is 0 Å². The van der Waals surface area contributed by atoms with Gasteiger partial charge in [-0.15, -0.1) is 0 Å². The summed E-state index contributed by atoms with van der Waals surface area (Å²) >= 11 is 0.925. The number of aromatic carboxylic acids is 1. The molecule has 0 unspecified atom stereocenters. The predicted octanol–water partition coefficient (Wildman–Crippen LogP) is 2.87. The quantitative estimate of drug-likeness (QED) is 0.830. The first-order valence-electron chi connectivity index (χ1n) is 5.55. The molecule has 7 heteroatoms. The van der Waals surface area contributed by atoms with Gasteiger partial charge in [-0.25, -0.2) is 9.59 Å². The van der Waals surface area contributed by atoms with Crippen LogP contribution in [0, 0.1) is 0 Å². The highest BCUT2D eigenvalue weighted by Crippen LogP contribution is 2.33. The molecule has 1 amide bonds. The van der Waals surface area contributed by atoms with Crippen LogP contribution in [0.4, 0.5) is 9.80 Å². The normalized spacial score (nSPS) is 10.9. The van der Waals surface area contributed by atoms with E-state index in [1.165, 1.54) is 6.08 Å². The molecule has 0 aliphatic heterocycles. The lowest BCUT2D eigenvalue weighted by Gasteiger charge is -2.16. The molecule has 2 N–H and O–H groups in total. The summed E-state index contributed by atoms with van der Waals surface area (Å²) in [6.07, 6.45) is 0.691. The van der Waals surface area contributed by atoms with E-state index in [1.54, 1.807) is 0 Å². The molecule has 0 aromatic carbocycles. The summed E-state index contributed by atoms with van der Waals surface area (Å²) in [7, 11) is 0. The Bertz CT molecular complexity index is 502. The maximum atomic E-state index is 11.4. The summed E-state index contributed by atoms with van der Waals surface area (Å²) in [6, 6.07) is 0. The Morgan fingerprint density at radius 2 is 2.16 bits per heavy atom. The van der Waals surface area contributed by atoms with Gasteiger partial charge in [0.2, 0.25) is 0 Å². The summed E-state index contributed by atoms with van der Waals surface area (Å²) in [5.74, 6) is -1.13. The zero-order chi connectivity index (χ0) is 14.6. The van der Waals surface area contributed by atoms with Crippen molar-refractivity contribution in [3.05, 3.63) is 23.9 Å². The predicted molar refractivity (Wildman–Crippen MR) is 72.9 cm³/mol. The number of carbonyl (C=O) groups is 2. The van der Waals surface area contributed by atoms with Crippen molar-refractivity contribution in [2.24, 2.45) is 0 Å². The molecule has 1 rings (SSSR count). The number of aromatic nitrogens is 1. The molecular weight excluding hydrogens is 268 g/mol.